The summed E-state index contributed by atoms with van der Waals surface area (Å²) >= 11 is 0. The Morgan fingerprint density at radius 2 is 1.48 bits per heavy atom. The minimum Gasteiger partial charge on any atom is -0.497 e. The third-order valence-corrected chi connectivity index (χ3v) is 8.21. The molecule has 1 aliphatic heterocycles. The predicted molar refractivity (Wildman–Crippen MR) is 171 cm³/mol. The summed E-state index contributed by atoms with van der Waals surface area (Å²) in [4.78, 5) is 28.9. The standard InChI is InChI=1S/C35H38F6N2O7/c1-5-9-24-18-25(33(46,34(36,37)38)35(39,40)41)12-13-30(24)49-15-7-6-14-42-31(44)22(2)43(32(42)45)26-10-8-11-27(19-26)50-21-23-16-28(47-3)20-29(17-23)48-4/h8,10-13,16-20,22,46H,5-7,9,14-15,21H2,1-4H3. The summed E-state index contributed by atoms with van der Waals surface area (Å²) in [6.07, 6.45) is -10.9. The van der Waals surface area contributed by atoms with Gasteiger partial charge in [0.25, 0.3) is 11.5 Å². The second-order valence-electron chi connectivity index (χ2n) is 11.7. The number of nitrogens with zero attached hydrogens (tertiary/aromatic N) is 2. The number of anilines is 1. The Labute approximate surface area is 285 Å². The number of aliphatic hydroxyl groups is 1. The Balaban J connectivity index is 1.36. The molecule has 3 aromatic carbocycles. The van der Waals surface area contributed by atoms with Crippen molar-refractivity contribution in [2.45, 2.75) is 70.1 Å². The summed E-state index contributed by atoms with van der Waals surface area (Å²) < 4.78 is 103. The van der Waals surface area contributed by atoms with Crippen LogP contribution in [-0.4, -0.2) is 67.7 Å². The molecule has 1 fully saturated rings. The number of aryl methyl sites for hydroxylation is 1. The molecule has 0 radical (unpaired) electrons. The number of urea groups is 1. The summed E-state index contributed by atoms with van der Waals surface area (Å²) in [7, 11) is 3.08. The van der Waals surface area contributed by atoms with Crippen molar-refractivity contribution in [1.82, 2.24) is 4.90 Å². The Morgan fingerprint density at radius 1 is 0.820 bits per heavy atom. The highest BCUT2D eigenvalue weighted by atomic mass is 19.4. The number of amides is 3. The molecule has 0 bridgehead atoms. The first-order valence-corrected chi connectivity index (χ1v) is 15.8. The fraction of sp³-hybridized carbons (Fsp3) is 0.429. The molecular formula is C35H38F6N2O7. The van der Waals surface area contributed by atoms with E-state index in [2.05, 4.69) is 0 Å². The predicted octanol–water partition coefficient (Wildman–Crippen LogP) is 7.56. The highest BCUT2D eigenvalue weighted by Gasteiger charge is 2.71. The van der Waals surface area contributed by atoms with Crippen LogP contribution < -0.4 is 23.8 Å². The molecule has 0 aliphatic carbocycles. The van der Waals surface area contributed by atoms with Crippen molar-refractivity contribution in [2.24, 2.45) is 0 Å². The van der Waals surface area contributed by atoms with Crippen LogP contribution in [0.1, 0.15) is 49.8 Å². The molecule has 3 aromatic rings. The van der Waals surface area contributed by atoms with E-state index < -0.39 is 41.5 Å². The molecule has 4 rings (SSSR count). The van der Waals surface area contributed by atoms with Gasteiger partial charge in [0.1, 0.15) is 35.6 Å². The van der Waals surface area contributed by atoms with Gasteiger partial charge in [-0.05, 0) is 73.7 Å². The number of methoxy groups -OCH3 is 2. The fourth-order valence-corrected chi connectivity index (χ4v) is 5.56. The van der Waals surface area contributed by atoms with Gasteiger partial charge in [0, 0.05) is 24.2 Å². The third-order valence-electron chi connectivity index (χ3n) is 8.21. The van der Waals surface area contributed by atoms with Crippen molar-refractivity contribution in [1.29, 1.82) is 0 Å². The number of hydrogen-bond donors (Lipinski definition) is 1. The quantitative estimate of drug-likeness (QED) is 0.0987. The Bertz CT molecular complexity index is 1630. The number of halogens is 6. The second-order valence-corrected chi connectivity index (χ2v) is 11.7. The summed E-state index contributed by atoms with van der Waals surface area (Å²) in [6.45, 7) is 3.54. The van der Waals surface area contributed by atoms with Gasteiger partial charge < -0.3 is 24.1 Å². The number of unbranched alkanes of at least 4 members (excludes halogenated alkanes) is 1. The van der Waals surface area contributed by atoms with Gasteiger partial charge in [-0.2, -0.15) is 26.3 Å². The van der Waals surface area contributed by atoms with Crippen LogP contribution in [0.3, 0.4) is 0 Å². The summed E-state index contributed by atoms with van der Waals surface area (Å²) in [5, 5.41) is 9.79. The Kier molecular flexibility index (Phi) is 11.8. The molecule has 1 atom stereocenters. The van der Waals surface area contributed by atoms with E-state index in [-0.39, 0.29) is 37.5 Å². The molecule has 0 aromatic heterocycles. The molecular weight excluding hydrogens is 674 g/mol. The zero-order chi connectivity index (χ0) is 36.9. The van der Waals surface area contributed by atoms with Crippen LogP contribution in [0.2, 0.25) is 0 Å². The van der Waals surface area contributed by atoms with Crippen molar-refractivity contribution >= 4 is 17.6 Å². The highest BCUT2D eigenvalue weighted by molar-refractivity contribution is 6.14. The van der Waals surface area contributed by atoms with E-state index in [1.807, 2.05) is 0 Å². The van der Waals surface area contributed by atoms with Crippen molar-refractivity contribution in [3.63, 3.8) is 0 Å². The monoisotopic (exact) mass is 712 g/mol. The van der Waals surface area contributed by atoms with E-state index in [0.29, 0.717) is 54.3 Å². The molecule has 1 N–H and O–H groups in total. The molecule has 3 amide bonds. The second kappa shape index (κ2) is 15.5. The van der Waals surface area contributed by atoms with Crippen LogP contribution in [0.15, 0.2) is 60.7 Å². The summed E-state index contributed by atoms with van der Waals surface area (Å²) in [5.41, 5.74) is -5.08. The third kappa shape index (κ3) is 8.03. The molecule has 272 valence electrons. The number of imide groups is 1. The first-order valence-electron chi connectivity index (χ1n) is 15.8. The smallest absolute Gasteiger partial charge is 0.430 e. The number of carbonyl (C=O) groups excluding carboxylic acids is 2. The zero-order valence-electron chi connectivity index (χ0n) is 27.9. The summed E-state index contributed by atoms with van der Waals surface area (Å²) in [6, 6.07) is 13.0. The lowest BCUT2D eigenvalue weighted by Gasteiger charge is -2.33. The van der Waals surface area contributed by atoms with Gasteiger partial charge in [-0.1, -0.05) is 25.5 Å². The number of rotatable bonds is 15. The zero-order valence-corrected chi connectivity index (χ0v) is 27.9. The molecule has 1 heterocycles. The largest absolute Gasteiger partial charge is 0.497 e. The van der Waals surface area contributed by atoms with Gasteiger partial charge in [-0.25, -0.2) is 4.79 Å². The average Bonchev–Trinajstić information content (AvgIpc) is 3.28. The average molecular weight is 713 g/mol. The maximum Gasteiger partial charge on any atom is 0.430 e. The van der Waals surface area contributed by atoms with Crippen LogP contribution in [0.4, 0.5) is 36.8 Å². The van der Waals surface area contributed by atoms with Crippen molar-refractivity contribution in [3.8, 4) is 23.0 Å². The van der Waals surface area contributed by atoms with Crippen molar-refractivity contribution < 1.29 is 60.0 Å². The number of carbonyl (C=O) groups is 2. The Morgan fingerprint density at radius 3 is 2.08 bits per heavy atom. The van der Waals surface area contributed by atoms with E-state index in [4.69, 9.17) is 18.9 Å². The first-order chi connectivity index (χ1) is 23.5. The molecule has 15 heteroatoms. The van der Waals surface area contributed by atoms with Gasteiger partial charge in [-0.15, -0.1) is 0 Å². The Hall–Kier alpha value is -4.66. The van der Waals surface area contributed by atoms with Gasteiger partial charge in [0.2, 0.25) is 0 Å². The van der Waals surface area contributed by atoms with Crippen LogP contribution in [0.5, 0.6) is 23.0 Å². The van der Waals surface area contributed by atoms with Crippen molar-refractivity contribution in [2.75, 3.05) is 32.3 Å². The first kappa shape index (κ1) is 38.1. The number of hydrogen-bond acceptors (Lipinski definition) is 7. The van der Waals surface area contributed by atoms with E-state index in [0.717, 1.165) is 16.5 Å². The molecule has 0 saturated carbocycles. The highest BCUT2D eigenvalue weighted by Crippen LogP contribution is 2.50. The lowest BCUT2D eigenvalue weighted by Crippen LogP contribution is -2.53. The van der Waals surface area contributed by atoms with Crippen LogP contribution >= 0.6 is 0 Å². The van der Waals surface area contributed by atoms with Crippen LogP contribution in [-0.2, 0) is 23.4 Å². The molecule has 0 spiro atoms. The van der Waals surface area contributed by atoms with Crippen LogP contribution in [0, 0.1) is 0 Å². The molecule has 1 saturated heterocycles. The van der Waals surface area contributed by atoms with Crippen LogP contribution in [0.25, 0.3) is 0 Å². The molecule has 1 unspecified atom stereocenters. The van der Waals surface area contributed by atoms with E-state index in [1.165, 1.54) is 4.90 Å². The summed E-state index contributed by atoms with van der Waals surface area (Å²) in [5.74, 6) is 1.32. The molecule has 1 aliphatic rings. The minimum atomic E-state index is -6.00. The van der Waals surface area contributed by atoms with Gasteiger partial charge in [0.15, 0.2) is 0 Å². The fourth-order valence-electron chi connectivity index (χ4n) is 5.56. The van der Waals surface area contributed by atoms with E-state index in [1.54, 1.807) is 70.5 Å². The maximum absolute atomic E-state index is 13.4. The number of benzene rings is 3. The van der Waals surface area contributed by atoms with Gasteiger partial charge in [-0.3, -0.25) is 14.6 Å². The SMILES string of the molecule is CCCc1cc(C(O)(C(F)(F)F)C(F)(F)F)ccc1OCCCCN1C(=O)C(C)N(c2cccc(OCc3cc(OC)cc(OC)c3)c2)C1=O. The number of alkyl halides is 6. The van der Waals surface area contributed by atoms with Crippen molar-refractivity contribution in [3.05, 3.63) is 77.4 Å². The molecule has 9 nitrogen and oxygen atoms in total. The van der Waals surface area contributed by atoms with Gasteiger partial charge >= 0.3 is 18.4 Å². The maximum atomic E-state index is 13.4. The normalized spacial score (nSPS) is 15.5. The molecule has 50 heavy (non-hydrogen) atoms. The van der Waals surface area contributed by atoms with E-state index >= 15 is 0 Å². The lowest BCUT2D eigenvalue weighted by molar-refractivity contribution is -0.376. The minimum absolute atomic E-state index is 0.00685. The lowest BCUT2D eigenvalue weighted by atomic mass is 9.90. The van der Waals surface area contributed by atoms with E-state index in [9.17, 15) is 41.0 Å². The number of ether oxygens (including phenoxy) is 4. The topological polar surface area (TPSA) is 97.8 Å². The van der Waals surface area contributed by atoms with Gasteiger partial charge in [0.05, 0.1) is 26.5 Å².